The number of likely N-dealkylation sites (N-methyl/N-ethyl adjacent to an activating group) is 1. The van der Waals surface area contributed by atoms with Crippen LogP contribution in [0.25, 0.3) is 0 Å². The fourth-order valence-electron chi connectivity index (χ4n) is 4.61. The predicted molar refractivity (Wildman–Crippen MR) is 109 cm³/mol. The number of piperidine rings is 2. The molecule has 1 aromatic carbocycles. The van der Waals surface area contributed by atoms with E-state index in [1.165, 1.54) is 6.42 Å². The first-order chi connectivity index (χ1) is 13.6. The smallest absolute Gasteiger partial charge is 0.317 e. The van der Waals surface area contributed by atoms with Gasteiger partial charge in [-0.05, 0) is 44.2 Å². The van der Waals surface area contributed by atoms with E-state index >= 15 is 0 Å². The minimum Gasteiger partial charge on any atom is -0.480 e. The maximum atomic E-state index is 13.4. The maximum Gasteiger partial charge on any atom is 0.317 e. The highest BCUT2D eigenvalue weighted by Gasteiger charge is 2.35. The van der Waals surface area contributed by atoms with Crippen molar-refractivity contribution < 1.29 is 14.7 Å². The normalized spacial score (nSPS) is 20.3. The SMILES string of the molecule is CCN(CC(=O)O)C1CCN(C(C(=O)N2CCCCC2)c2ccccc2)CC1. The van der Waals surface area contributed by atoms with Crippen LogP contribution in [0.1, 0.15) is 50.6 Å². The standard InChI is InChI=1S/C22H33N3O3/c1-2-23(17-20(26)27)19-11-15-24(16-12-19)21(18-9-5-3-6-10-18)22(28)25-13-7-4-8-14-25/h3,5-6,9-10,19,21H,2,4,7-8,11-17H2,1H3,(H,26,27). The molecule has 1 amide bonds. The second kappa shape index (κ2) is 10.0. The molecule has 1 N–H and O–H groups in total. The predicted octanol–water partition coefficient (Wildman–Crippen LogP) is 2.61. The largest absolute Gasteiger partial charge is 0.480 e. The van der Waals surface area contributed by atoms with Gasteiger partial charge >= 0.3 is 5.97 Å². The molecule has 2 fully saturated rings. The average molecular weight is 388 g/mol. The van der Waals surface area contributed by atoms with E-state index < -0.39 is 5.97 Å². The van der Waals surface area contributed by atoms with Gasteiger partial charge in [-0.15, -0.1) is 0 Å². The Morgan fingerprint density at radius 3 is 2.29 bits per heavy atom. The molecule has 3 rings (SSSR count). The Bertz CT molecular complexity index is 638. The topological polar surface area (TPSA) is 64.1 Å². The highest BCUT2D eigenvalue weighted by molar-refractivity contribution is 5.83. The number of carboxylic acid groups (broad SMARTS) is 1. The Labute approximate surface area is 168 Å². The van der Waals surface area contributed by atoms with Crippen LogP contribution in [0.15, 0.2) is 30.3 Å². The van der Waals surface area contributed by atoms with Crippen LogP contribution in [0.4, 0.5) is 0 Å². The van der Waals surface area contributed by atoms with Crippen LogP contribution in [0.2, 0.25) is 0 Å². The van der Waals surface area contributed by atoms with Gasteiger partial charge in [0.05, 0.1) is 6.54 Å². The summed E-state index contributed by atoms with van der Waals surface area (Å²) in [4.78, 5) is 30.9. The van der Waals surface area contributed by atoms with Crippen molar-refractivity contribution in [3.8, 4) is 0 Å². The van der Waals surface area contributed by atoms with Crippen LogP contribution in [0.5, 0.6) is 0 Å². The Hall–Kier alpha value is -1.92. The molecule has 6 heteroatoms. The van der Waals surface area contributed by atoms with Gasteiger partial charge in [-0.25, -0.2) is 0 Å². The lowest BCUT2D eigenvalue weighted by Crippen LogP contribution is -2.51. The van der Waals surface area contributed by atoms with Gasteiger partial charge < -0.3 is 10.0 Å². The van der Waals surface area contributed by atoms with E-state index in [-0.39, 0.29) is 24.5 Å². The number of aliphatic carboxylic acids is 1. The third-order valence-electron chi connectivity index (χ3n) is 6.14. The lowest BCUT2D eigenvalue weighted by atomic mass is 9.96. The van der Waals surface area contributed by atoms with Crippen molar-refractivity contribution in [3.63, 3.8) is 0 Å². The molecule has 28 heavy (non-hydrogen) atoms. The number of amides is 1. The molecule has 0 saturated carbocycles. The fraction of sp³-hybridized carbons (Fsp3) is 0.636. The molecule has 0 bridgehead atoms. The summed E-state index contributed by atoms with van der Waals surface area (Å²) in [6.45, 7) is 6.21. The number of carboxylic acids is 1. The zero-order chi connectivity index (χ0) is 19.9. The van der Waals surface area contributed by atoms with E-state index in [0.717, 1.165) is 64.0 Å². The number of carbonyl (C=O) groups is 2. The summed E-state index contributed by atoms with van der Waals surface area (Å²) in [7, 11) is 0. The van der Waals surface area contributed by atoms with Gasteiger partial charge in [0.1, 0.15) is 6.04 Å². The van der Waals surface area contributed by atoms with Crippen LogP contribution in [-0.4, -0.2) is 77.0 Å². The fourth-order valence-corrected chi connectivity index (χ4v) is 4.61. The summed E-state index contributed by atoms with van der Waals surface area (Å²) in [5.41, 5.74) is 1.06. The Morgan fingerprint density at radius 2 is 1.71 bits per heavy atom. The van der Waals surface area contributed by atoms with E-state index in [4.69, 9.17) is 5.11 Å². The summed E-state index contributed by atoms with van der Waals surface area (Å²) < 4.78 is 0. The monoisotopic (exact) mass is 387 g/mol. The Morgan fingerprint density at radius 1 is 1.07 bits per heavy atom. The molecule has 1 aromatic rings. The van der Waals surface area contributed by atoms with Crippen LogP contribution in [0.3, 0.4) is 0 Å². The van der Waals surface area contributed by atoms with E-state index in [9.17, 15) is 9.59 Å². The molecule has 2 heterocycles. The molecule has 0 aromatic heterocycles. The van der Waals surface area contributed by atoms with Crippen molar-refractivity contribution >= 4 is 11.9 Å². The van der Waals surface area contributed by atoms with Crippen molar-refractivity contribution in [1.29, 1.82) is 0 Å². The van der Waals surface area contributed by atoms with Gasteiger partial charge in [-0.2, -0.15) is 0 Å². The zero-order valence-electron chi connectivity index (χ0n) is 16.9. The molecule has 0 aliphatic carbocycles. The van der Waals surface area contributed by atoms with E-state index in [0.29, 0.717) is 0 Å². The molecular weight excluding hydrogens is 354 g/mol. The molecule has 2 saturated heterocycles. The van der Waals surface area contributed by atoms with Gasteiger partial charge in [0.15, 0.2) is 0 Å². The van der Waals surface area contributed by atoms with Crippen molar-refractivity contribution in [2.75, 3.05) is 39.3 Å². The van der Waals surface area contributed by atoms with Crippen LogP contribution in [-0.2, 0) is 9.59 Å². The summed E-state index contributed by atoms with van der Waals surface area (Å²) in [5.74, 6) is -0.547. The van der Waals surface area contributed by atoms with Gasteiger partial charge in [0, 0.05) is 32.2 Å². The first-order valence-corrected chi connectivity index (χ1v) is 10.6. The molecule has 0 spiro atoms. The van der Waals surface area contributed by atoms with E-state index in [1.54, 1.807) is 0 Å². The van der Waals surface area contributed by atoms with Gasteiger partial charge in [0.2, 0.25) is 5.91 Å². The highest BCUT2D eigenvalue weighted by Crippen LogP contribution is 2.29. The number of hydrogen-bond donors (Lipinski definition) is 1. The number of rotatable bonds is 7. The molecule has 0 radical (unpaired) electrons. The molecular formula is C22H33N3O3. The third-order valence-corrected chi connectivity index (χ3v) is 6.14. The molecule has 2 aliphatic heterocycles. The summed E-state index contributed by atoms with van der Waals surface area (Å²) in [5, 5.41) is 9.15. The number of carbonyl (C=O) groups excluding carboxylic acids is 1. The van der Waals surface area contributed by atoms with Crippen molar-refractivity contribution in [1.82, 2.24) is 14.7 Å². The van der Waals surface area contributed by atoms with Crippen molar-refractivity contribution in [2.45, 2.75) is 51.1 Å². The Kier molecular flexibility index (Phi) is 7.45. The number of likely N-dealkylation sites (tertiary alicyclic amines) is 2. The second-order valence-corrected chi connectivity index (χ2v) is 7.92. The first-order valence-electron chi connectivity index (χ1n) is 10.6. The summed E-state index contributed by atoms with van der Waals surface area (Å²) in [6, 6.07) is 10.2. The first kappa shape index (κ1) is 20.8. The molecule has 1 unspecified atom stereocenters. The van der Waals surface area contributed by atoms with Crippen LogP contribution >= 0.6 is 0 Å². The van der Waals surface area contributed by atoms with Gasteiger partial charge in [-0.1, -0.05) is 37.3 Å². The minimum absolute atomic E-state index is 0.0932. The number of hydrogen-bond acceptors (Lipinski definition) is 4. The zero-order valence-corrected chi connectivity index (χ0v) is 16.9. The van der Waals surface area contributed by atoms with E-state index in [1.807, 2.05) is 34.9 Å². The van der Waals surface area contributed by atoms with E-state index in [2.05, 4.69) is 17.0 Å². The van der Waals surface area contributed by atoms with Gasteiger partial charge in [-0.3, -0.25) is 19.4 Å². The Balaban J connectivity index is 1.71. The van der Waals surface area contributed by atoms with Crippen LogP contribution in [0, 0.1) is 0 Å². The summed E-state index contributed by atoms with van der Waals surface area (Å²) in [6.07, 6.45) is 5.20. The number of nitrogens with zero attached hydrogens (tertiary/aromatic N) is 3. The van der Waals surface area contributed by atoms with Crippen molar-refractivity contribution in [3.05, 3.63) is 35.9 Å². The molecule has 1 atom stereocenters. The highest BCUT2D eigenvalue weighted by atomic mass is 16.4. The average Bonchev–Trinajstić information content (AvgIpc) is 2.74. The van der Waals surface area contributed by atoms with Crippen LogP contribution < -0.4 is 0 Å². The molecule has 2 aliphatic rings. The second-order valence-electron chi connectivity index (χ2n) is 7.92. The summed E-state index contributed by atoms with van der Waals surface area (Å²) >= 11 is 0. The van der Waals surface area contributed by atoms with Gasteiger partial charge in [0.25, 0.3) is 0 Å². The third kappa shape index (κ3) is 5.11. The lowest BCUT2D eigenvalue weighted by molar-refractivity contribution is -0.139. The minimum atomic E-state index is -0.772. The quantitative estimate of drug-likeness (QED) is 0.779. The number of benzene rings is 1. The molecule has 6 nitrogen and oxygen atoms in total. The molecule has 154 valence electrons. The van der Waals surface area contributed by atoms with Crippen molar-refractivity contribution in [2.24, 2.45) is 0 Å². The maximum absolute atomic E-state index is 13.4. The lowest BCUT2D eigenvalue weighted by Gasteiger charge is -2.42.